The molecule has 0 aromatic heterocycles. The van der Waals surface area contributed by atoms with Crippen LogP contribution in [0.1, 0.15) is 13.3 Å². The average Bonchev–Trinajstić information content (AvgIpc) is 1.94. The number of halogens is 1. The Kier molecular flexibility index (Phi) is 2.17. The van der Waals surface area contributed by atoms with Gasteiger partial charge in [0.2, 0.25) is 5.76 Å². The molecule has 10 heavy (non-hydrogen) atoms. The van der Waals surface area contributed by atoms with E-state index in [0.717, 1.165) is 6.42 Å². The van der Waals surface area contributed by atoms with E-state index in [2.05, 4.69) is 6.79 Å². The molecule has 0 aromatic rings. The van der Waals surface area contributed by atoms with Crippen LogP contribution in [0, 0.1) is 5.92 Å². The highest BCUT2D eigenvalue weighted by molar-refractivity contribution is 6.31. The van der Waals surface area contributed by atoms with Crippen LogP contribution in [-0.2, 0) is 4.42 Å². The molecule has 0 unspecified atom stereocenters. The van der Waals surface area contributed by atoms with Gasteiger partial charge in [0.1, 0.15) is 0 Å². The standard InChI is InChI=1S/C8H9ClO/c1-6-3-4-7(9)8(5-6)10-2/h4-5H,2-3H2,1H3. The molecule has 1 aliphatic rings. The summed E-state index contributed by atoms with van der Waals surface area (Å²) in [6.45, 7) is 5.31. The van der Waals surface area contributed by atoms with Gasteiger partial charge in [-0.2, -0.15) is 0 Å². The summed E-state index contributed by atoms with van der Waals surface area (Å²) in [5.41, 5.74) is 0. The number of carbonyl (C=O) groups excluding carboxylic acids is 1. The molecule has 0 saturated carbocycles. The van der Waals surface area contributed by atoms with Gasteiger partial charge in [-0.05, 0) is 0 Å². The van der Waals surface area contributed by atoms with E-state index >= 15 is 0 Å². The minimum absolute atomic E-state index is 0.653. The van der Waals surface area contributed by atoms with Crippen LogP contribution in [0.5, 0.6) is 0 Å². The van der Waals surface area contributed by atoms with E-state index in [1.165, 1.54) is 5.92 Å². The predicted molar refractivity (Wildman–Crippen MR) is 42.7 cm³/mol. The maximum absolute atomic E-state index is 5.76. The minimum Gasteiger partial charge on any atom is -0.310 e. The van der Waals surface area contributed by atoms with Crippen molar-refractivity contribution in [2.24, 2.45) is 0 Å². The SMILES string of the molecule is C=[O+]C1=C[C-](C)CC=C1Cl. The third-order valence-electron chi connectivity index (χ3n) is 1.37. The zero-order valence-corrected chi connectivity index (χ0v) is 6.61. The zero-order chi connectivity index (χ0) is 7.56. The highest BCUT2D eigenvalue weighted by Gasteiger charge is 2.06. The molecule has 0 heterocycles. The molecule has 0 atom stereocenters. The quantitative estimate of drug-likeness (QED) is 0.408. The first-order valence-electron chi connectivity index (χ1n) is 3.06. The highest BCUT2D eigenvalue weighted by atomic mass is 35.5. The lowest BCUT2D eigenvalue weighted by atomic mass is 10.0. The van der Waals surface area contributed by atoms with Crippen LogP contribution in [-0.4, -0.2) is 6.79 Å². The first kappa shape index (κ1) is 7.42. The summed E-state index contributed by atoms with van der Waals surface area (Å²) in [7, 11) is 0. The molecule has 0 aliphatic heterocycles. The summed E-state index contributed by atoms with van der Waals surface area (Å²) in [5.74, 6) is 1.90. The van der Waals surface area contributed by atoms with E-state index < -0.39 is 0 Å². The Hall–Kier alpha value is -0.690. The fourth-order valence-corrected chi connectivity index (χ4v) is 1.000. The van der Waals surface area contributed by atoms with E-state index in [1.807, 2.05) is 19.1 Å². The summed E-state index contributed by atoms with van der Waals surface area (Å²) < 4.78 is 4.76. The van der Waals surface area contributed by atoms with Gasteiger partial charge in [0, 0.05) is 0 Å². The summed E-state index contributed by atoms with van der Waals surface area (Å²) in [6.07, 6.45) is 4.72. The van der Waals surface area contributed by atoms with Crippen molar-refractivity contribution in [3.05, 3.63) is 28.9 Å². The van der Waals surface area contributed by atoms with Crippen LogP contribution in [0.15, 0.2) is 22.9 Å². The van der Waals surface area contributed by atoms with Crippen molar-refractivity contribution >= 4 is 18.4 Å². The zero-order valence-electron chi connectivity index (χ0n) is 5.86. The van der Waals surface area contributed by atoms with Crippen molar-refractivity contribution in [1.29, 1.82) is 0 Å². The minimum atomic E-state index is 0.653. The lowest BCUT2D eigenvalue weighted by Crippen LogP contribution is -1.96. The van der Waals surface area contributed by atoms with Crippen LogP contribution in [0.25, 0.3) is 0 Å². The van der Waals surface area contributed by atoms with Crippen molar-refractivity contribution in [3.63, 3.8) is 0 Å². The number of allylic oxidation sites excluding steroid dienone is 3. The molecule has 1 aliphatic carbocycles. The maximum atomic E-state index is 5.76. The molecule has 1 rings (SSSR count). The predicted octanol–water partition coefficient (Wildman–Crippen LogP) is 2.36. The molecule has 0 N–H and O–H groups in total. The number of hydrogen-bond donors (Lipinski definition) is 0. The summed E-state index contributed by atoms with van der Waals surface area (Å²) in [4.78, 5) is 0. The number of rotatable bonds is 1. The summed E-state index contributed by atoms with van der Waals surface area (Å²) >= 11 is 5.76. The number of hydrogen-bond acceptors (Lipinski definition) is 0. The van der Waals surface area contributed by atoms with Crippen LogP contribution in [0.2, 0.25) is 0 Å². The molecule has 0 aromatic carbocycles. The van der Waals surface area contributed by atoms with E-state index in [1.54, 1.807) is 0 Å². The van der Waals surface area contributed by atoms with Crippen molar-refractivity contribution in [1.82, 2.24) is 0 Å². The van der Waals surface area contributed by atoms with Crippen LogP contribution in [0.4, 0.5) is 0 Å². The molecule has 54 valence electrons. The first-order chi connectivity index (χ1) is 4.74. The van der Waals surface area contributed by atoms with Gasteiger partial charge in [0.25, 0.3) is 6.79 Å². The van der Waals surface area contributed by atoms with Crippen molar-refractivity contribution in [2.75, 3.05) is 0 Å². The molecule has 0 spiro atoms. The lowest BCUT2D eigenvalue weighted by molar-refractivity contribution is -0.381. The Morgan fingerprint density at radius 3 is 3.00 bits per heavy atom. The summed E-state index contributed by atoms with van der Waals surface area (Å²) in [6, 6.07) is 0. The average molecular weight is 157 g/mol. The highest BCUT2D eigenvalue weighted by Crippen LogP contribution is 2.25. The Morgan fingerprint density at radius 2 is 2.50 bits per heavy atom. The summed E-state index contributed by atoms with van der Waals surface area (Å²) in [5, 5.41) is 0.653. The van der Waals surface area contributed by atoms with Gasteiger partial charge in [-0.3, -0.25) is 0 Å². The molecule has 2 heteroatoms. The fraction of sp³-hybridized carbons (Fsp3) is 0.250. The Bertz CT molecular complexity index is 203. The molecular formula is C8H9ClO. The van der Waals surface area contributed by atoms with Crippen LogP contribution >= 0.6 is 11.6 Å². The van der Waals surface area contributed by atoms with Crippen LogP contribution in [0.3, 0.4) is 0 Å². The lowest BCUT2D eigenvalue weighted by Gasteiger charge is -2.15. The normalized spacial score (nSPS) is 18.0. The topological polar surface area (TPSA) is 11.3 Å². The van der Waals surface area contributed by atoms with Gasteiger partial charge in [-0.25, -0.2) is 5.92 Å². The molecule has 0 amide bonds. The second kappa shape index (κ2) is 2.93. The van der Waals surface area contributed by atoms with Gasteiger partial charge in [-0.15, -0.1) is 13.0 Å². The van der Waals surface area contributed by atoms with Gasteiger partial charge in [-0.1, -0.05) is 24.1 Å². The van der Waals surface area contributed by atoms with E-state index in [9.17, 15) is 0 Å². The van der Waals surface area contributed by atoms with Gasteiger partial charge in [0.15, 0.2) is 0 Å². The van der Waals surface area contributed by atoms with Gasteiger partial charge in [0.05, 0.1) is 5.03 Å². The Labute approximate surface area is 65.7 Å². The molecule has 0 fully saturated rings. The third-order valence-corrected chi connectivity index (χ3v) is 1.71. The Morgan fingerprint density at radius 1 is 1.80 bits per heavy atom. The largest absolute Gasteiger partial charge is 0.310 e. The molecule has 1 nitrogen and oxygen atoms in total. The van der Waals surface area contributed by atoms with E-state index in [-0.39, 0.29) is 0 Å². The van der Waals surface area contributed by atoms with E-state index in [0.29, 0.717) is 10.8 Å². The Balaban J connectivity index is 2.83. The van der Waals surface area contributed by atoms with Crippen LogP contribution < -0.4 is 0 Å². The second-order valence-corrected chi connectivity index (χ2v) is 2.66. The van der Waals surface area contributed by atoms with Crippen molar-refractivity contribution in [3.8, 4) is 0 Å². The fourth-order valence-electron chi connectivity index (χ4n) is 0.813. The third kappa shape index (κ3) is 1.42. The molecule has 0 radical (unpaired) electrons. The van der Waals surface area contributed by atoms with Crippen molar-refractivity contribution < 1.29 is 4.42 Å². The smallest absolute Gasteiger partial charge is 0.258 e. The molecule has 0 bridgehead atoms. The maximum Gasteiger partial charge on any atom is 0.258 e. The van der Waals surface area contributed by atoms with Gasteiger partial charge < -0.3 is 4.42 Å². The van der Waals surface area contributed by atoms with Gasteiger partial charge >= 0.3 is 0 Å². The van der Waals surface area contributed by atoms with E-state index in [4.69, 9.17) is 16.0 Å². The molecular weight excluding hydrogens is 148 g/mol. The first-order valence-corrected chi connectivity index (χ1v) is 3.44. The monoisotopic (exact) mass is 156 g/mol. The second-order valence-electron chi connectivity index (χ2n) is 2.26. The molecule has 0 saturated heterocycles. The van der Waals surface area contributed by atoms with Crippen molar-refractivity contribution in [2.45, 2.75) is 13.3 Å².